The first-order chi connectivity index (χ1) is 8.70. The standard InChI is InChI=1S/C15H23NO3/c1-14(2,3)19-13(18)16-8-6-11-9-12(17)5-7-15(11,4)10-16/h9H,5-8,10H2,1-4H3. The molecule has 19 heavy (non-hydrogen) atoms. The van der Waals surface area contributed by atoms with E-state index in [1.807, 2.05) is 20.8 Å². The fourth-order valence-electron chi connectivity index (χ4n) is 2.79. The number of ketones is 1. The zero-order chi connectivity index (χ0) is 14.3. The Labute approximate surface area is 114 Å². The molecule has 1 aliphatic heterocycles. The Kier molecular flexibility index (Phi) is 3.45. The molecule has 1 unspecified atom stereocenters. The number of hydrogen-bond donors (Lipinski definition) is 0. The van der Waals surface area contributed by atoms with Crippen LogP contribution in [0.25, 0.3) is 0 Å². The molecule has 1 saturated heterocycles. The molecule has 0 aromatic heterocycles. The summed E-state index contributed by atoms with van der Waals surface area (Å²) >= 11 is 0. The highest BCUT2D eigenvalue weighted by atomic mass is 16.6. The third-order valence-electron chi connectivity index (χ3n) is 3.88. The number of carbonyl (C=O) groups is 2. The van der Waals surface area contributed by atoms with Crippen LogP contribution >= 0.6 is 0 Å². The van der Waals surface area contributed by atoms with Crippen LogP contribution in [0.2, 0.25) is 0 Å². The topological polar surface area (TPSA) is 46.6 Å². The third-order valence-corrected chi connectivity index (χ3v) is 3.88. The molecule has 2 aliphatic rings. The number of fused-ring (bicyclic) bond motifs is 1. The van der Waals surface area contributed by atoms with Gasteiger partial charge < -0.3 is 9.64 Å². The van der Waals surface area contributed by atoms with Gasteiger partial charge in [-0.15, -0.1) is 0 Å². The predicted molar refractivity (Wildman–Crippen MR) is 72.9 cm³/mol. The van der Waals surface area contributed by atoms with Crippen molar-refractivity contribution in [1.29, 1.82) is 0 Å². The van der Waals surface area contributed by atoms with Gasteiger partial charge in [-0.2, -0.15) is 0 Å². The van der Waals surface area contributed by atoms with Gasteiger partial charge in [-0.3, -0.25) is 4.79 Å². The molecule has 0 saturated carbocycles. The molecule has 0 spiro atoms. The molecular formula is C15H23NO3. The van der Waals surface area contributed by atoms with Gasteiger partial charge in [0, 0.05) is 24.9 Å². The van der Waals surface area contributed by atoms with Crippen molar-refractivity contribution in [3.63, 3.8) is 0 Å². The molecule has 0 bridgehead atoms. The lowest BCUT2D eigenvalue weighted by Crippen LogP contribution is -2.48. The van der Waals surface area contributed by atoms with E-state index in [-0.39, 0.29) is 17.3 Å². The number of allylic oxidation sites excluding steroid dienone is 1. The first-order valence-corrected chi connectivity index (χ1v) is 6.91. The molecule has 2 rings (SSSR count). The molecule has 1 heterocycles. The maximum absolute atomic E-state index is 12.1. The lowest BCUT2D eigenvalue weighted by Gasteiger charge is -2.44. The van der Waals surface area contributed by atoms with Gasteiger partial charge in [0.15, 0.2) is 5.78 Å². The number of rotatable bonds is 0. The van der Waals surface area contributed by atoms with Crippen LogP contribution in [0, 0.1) is 5.41 Å². The largest absolute Gasteiger partial charge is 0.444 e. The lowest BCUT2D eigenvalue weighted by atomic mass is 9.70. The molecule has 4 heteroatoms. The van der Waals surface area contributed by atoms with Crippen LogP contribution in [0.3, 0.4) is 0 Å². The molecule has 106 valence electrons. The smallest absolute Gasteiger partial charge is 0.410 e. The third kappa shape index (κ3) is 3.17. The van der Waals surface area contributed by atoms with Crippen LogP contribution in [-0.2, 0) is 9.53 Å². The zero-order valence-corrected chi connectivity index (χ0v) is 12.3. The fourth-order valence-corrected chi connectivity index (χ4v) is 2.79. The van der Waals surface area contributed by atoms with Crippen LogP contribution in [0.5, 0.6) is 0 Å². The number of likely N-dealkylation sites (tertiary alicyclic amines) is 1. The van der Waals surface area contributed by atoms with Crippen molar-refractivity contribution in [3.8, 4) is 0 Å². The van der Waals surface area contributed by atoms with E-state index in [0.29, 0.717) is 19.5 Å². The van der Waals surface area contributed by atoms with Gasteiger partial charge in [0.05, 0.1) is 0 Å². The van der Waals surface area contributed by atoms with Gasteiger partial charge in [-0.25, -0.2) is 4.79 Å². The lowest BCUT2D eigenvalue weighted by molar-refractivity contribution is -0.116. The Bertz CT molecular complexity index is 433. The molecule has 1 amide bonds. The molecule has 4 nitrogen and oxygen atoms in total. The van der Waals surface area contributed by atoms with Crippen molar-refractivity contribution in [1.82, 2.24) is 4.90 Å². The summed E-state index contributed by atoms with van der Waals surface area (Å²) in [7, 11) is 0. The molecule has 0 aromatic carbocycles. The van der Waals surface area contributed by atoms with E-state index < -0.39 is 5.60 Å². The van der Waals surface area contributed by atoms with E-state index in [1.54, 1.807) is 11.0 Å². The second-order valence-electron chi connectivity index (χ2n) is 6.85. The first-order valence-electron chi connectivity index (χ1n) is 6.91. The summed E-state index contributed by atoms with van der Waals surface area (Å²) in [4.78, 5) is 25.4. The van der Waals surface area contributed by atoms with E-state index >= 15 is 0 Å². The average Bonchev–Trinajstić information content (AvgIpc) is 2.27. The summed E-state index contributed by atoms with van der Waals surface area (Å²) in [5.41, 5.74) is 0.684. The molecule has 1 fully saturated rings. The second kappa shape index (κ2) is 4.66. The Morgan fingerprint density at radius 2 is 2.05 bits per heavy atom. The van der Waals surface area contributed by atoms with Crippen LogP contribution in [0.4, 0.5) is 4.79 Å². The van der Waals surface area contributed by atoms with E-state index in [9.17, 15) is 9.59 Å². The van der Waals surface area contributed by atoms with Crippen molar-refractivity contribution < 1.29 is 14.3 Å². The Morgan fingerprint density at radius 3 is 2.68 bits per heavy atom. The van der Waals surface area contributed by atoms with Crippen molar-refractivity contribution in [2.75, 3.05) is 13.1 Å². The minimum Gasteiger partial charge on any atom is -0.444 e. The molecule has 0 aromatic rings. The molecular weight excluding hydrogens is 242 g/mol. The monoisotopic (exact) mass is 265 g/mol. The fraction of sp³-hybridized carbons (Fsp3) is 0.733. The van der Waals surface area contributed by atoms with Crippen molar-refractivity contribution in [2.45, 2.75) is 52.6 Å². The normalized spacial score (nSPS) is 27.7. The van der Waals surface area contributed by atoms with Gasteiger partial charge >= 0.3 is 6.09 Å². The second-order valence-corrected chi connectivity index (χ2v) is 6.85. The van der Waals surface area contributed by atoms with Crippen molar-refractivity contribution >= 4 is 11.9 Å². The molecule has 0 N–H and O–H groups in total. The number of hydrogen-bond acceptors (Lipinski definition) is 3. The number of piperidine rings is 1. The Morgan fingerprint density at radius 1 is 1.37 bits per heavy atom. The van der Waals surface area contributed by atoms with Gasteiger partial charge in [-0.1, -0.05) is 12.5 Å². The van der Waals surface area contributed by atoms with Gasteiger partial charge in [0.1, 0.15) is 5.60 Å². The van der Waals surface area contributed by atoms with Crippen LogP contribution in [-0.4, -0.2) is 35.5 Å². The highest BCUT2D eigenvalue weighted by molar-refractivity contribution is 5.91. The number of ether oxygens (including phenoxy) is 1. The minimum atomic E-state index is -0.462. The summed E-state index contributed by atoms with van der Waals surface area (Å²) in [6, 6.07) is 0. The maximum atomic E-state index is 12.1. The number of carbonyl (C=O) groups excluding carboxylic acids is 2. The highest BCUT2D eigenvalue weighted by Gasteiger charge is 2.40. The van der Waals surface area contributed by atoms with Crippen LogP contribution < -0.4 is 0 Å². The van der Waals surface area contributed by atoms with E-state index in [2.05, 4.69) is 6.92 Å². The highest BCUT2D eigenvalue weighted by Crippen LogP contribution is 2.41. The number of nitrogens with zero attached hydrogens (tertiary/aromatic N) is 1. The van der Waals surface area contributed by atoms with Gasteiger partial charge in [-0.05, 0) is 39.7 Å². The van der Waals surface area contributed by atoms with Gasteiger partial charge in [0.2, 0.25) is 0 Å². The molecule has 0 radical (unpaired) electrons. The molecule has 1 atom stereocenters. The van der Waals surface area contributed by atoms with Crippen LogP contribution in [0.15, 0.2) is 11.6 Å². The minimum absolute atomic E-state index is 0.0525. The Balaban J connectivity index is 2.08. The molecule has 1 aliphatic carbocycles. The quantitative estimate of drug-likeness (QED) is 0.676. The summed E-state index contributed by atoms with van der Waals surface area (Å²) in [6.07, 6.45) is 3.74. The predicted octanol–water partition coefficient (Wildman–Crippen LogP) is 2.92. The summed E-state index contributed by atoms with van der Waals surface area (Å²) in [6.45, 7) is 9.07. The number of amides is 1. The van der Waals surface area contributed by atoms with E-state index in [1.165, 1.54) is 5.57 Å². The van der Waals surface area contributed by atoms with E-state index in [4.69, 9.17) is 4.74 Å². The summed E-state index contributed by atoms with van der Waals surface area (Å²) in [5, 5.41) is 0. The SMILES string of the molecule is CC(C)(C)OC(=O)N1CCC2=CC(=O)CCC2(C)C1. The summed E-state index contributed by atoms with van der Waals surface area (Å²) in [5.74, 6) is 0.221. The van der Waals surface area contributed by atoms with Crippen LogP contribution in [0.1, 0.15) is 47.0 Å². The van der Waals surface area contributed by atoms with Crippen molar-refractivity contribution in [2.24, 2.45) is 5.41 Å². The first kappa shape index (κ1) is 14.1. The van der Waals surface area contributed by atoms with Crippen molar-refractivity contribution in [3.05, 3.63) is 11.6 Å². The van der Waals surface area contributed by atoms with Gasteiger partial charge in [0.25, 0.3) is 0 Å². The maximum Gasteiger partial charge on any atom is 0.410 e. The summed E-state index contributed by atoms with van der Waals surface area (Å²) < 4.78 is 5.42. The average molecular weight is 265 g/mol. The Hall–Kier alpha value is -1.32. The zero-order valence-electron chi connectivity index (χ0n) is 12.3. The van der Waals surface area contributed by atoms with E-state index in [0.717, 1.165) is 12.8 Å².